The van der Waals surface area contributed by atoms with Crippen molar-refractivity contribution in [2.45, 2.75) is 6.54 Å². The van der Waals surface area contributed by atoms with Crippen molar-refractivity contribution >= 4 is 5.91 Å². The van der Waals surface area contributed by atoms with Crippen LogP contribution in [0.2, 0.25) is 0 Å². The predicted molar refractivity (Wildman–Crippen MR) is 82.3 cm³/mol. The Morgan fingerprint density at radius 3 is 2.10 bits per heavy atom. The van der Waals surface area contributed by atoms with Gasteiger partial charge in [-0.15, -0.1) is 0 Å². The molecule has 0 unspecified atom stereocenters. The molecule has 0 saturated carbocycles. The fraction of sp³-hybridized carbons (Fsp3) is 0.0588. The molecule has 0 aliphatic heterocycles. The molecule has 0 radical (unpaired) electrons. The van der Waals surface area contributed by atoms with Crippen LogP contribution in [-0.4, -0.2) is 15.7 Å². The van der Waals surface area contributed by atoms with E-state index in [1.54, 1.807) is 4.68 Å². The summed E-state index contributed by atoms with van der Waals surface area (Å²) in [5.74, 6) is -0.408. The van der Waals surface area contributed by atoms with Gasteiger partial charge in [-0.25, -0.2) is 0 Å². The molecule has 3 rings (SSSR count). The molecule has 1 heterocycles. The van der Waals surface area contributed by atoms with Crippen LogP contribution >= 0.6 is 0 Å². The van der Waals surface area contributed by atoms with E-state index in [9.17, 15) is 4.79 Å². The van der Waals surface area contributed by atoms with Gasteiger partial charge in [0.15, 0.2) is 0 Å². The molecular weight excluding hydrogens is 262 g/mol. The van der Waals surface area contributed by atoms with Crippen LogP contribution in [0.4, 0.5) is 0 Å². The Morgan fingerprint density at radius 1 is 0.952 bits per heavy atom. The third-order valence-electron chi connectivity index (χ3n) is 3.22. The summed E-state index contributed by atoms with van der Waals surface area (Å²) in [6.07, 6.45) is 0. The number of carbonyl (C=O) groups is 1. The molecule has 2 N–H and O–H groups in total. The van der Waals surface area contributed by atoms with E-state index in [0.717, 1.165) is 22.5 Å². The van der Waals surface area contributed by atoms with E-state index in [1.807, 2.05) is 66.7 Å². The van der Waals surface area contributed by atoms with Crippen molar-refractivity contribution in [3.05, 3.63) is 66.7 Å². The number of rotatable bonds is 4. The summed E-state index contributed by atoms with van der Waals surface area (Å²) in [7, 11) is 0. The highest BCUT2D eigenvalue weighted by atomic mass is 16.1. The number of carbonyl (C=O) groups excluding carboxylic acids is 1. The Labute approximate surface area is 122 Å². The second kappa shape index (κ2) is 5.63. The zero-order valence-corrected chi connectivity index (χ0v) is 11.4. The summed E-state index contributed by atoms with van der Waals surface area (Å²) < 4.78 is 1.65. The third-order valence-corrected chi connectivity index (χ3v) is 3.22. The number of nitrogens with two attached hydrogens (primary N) is 1. The van der Waals surface area contributed by atoms with E-state index in [1.165, 1.54) is 0 Å². The third kappa shape index (κ3) is 2.84. The lowest BCUT2D eigenvalue weighted by atomic mass is 10.1. The molecule has 104 valence electrons. The first kappa shape index (κ1) is 13.1. The van der Waals surface area contributed by atoms with Crippen molar-refractivity contribution in [3.63, 3.8) is 0 Å². The maximum absolute atomic E-state index is 11.3. The van der Waals surface area contributed by atoms with Crippen molar-refractivity contribution in [1.82, 2.24) is 9.78 Å². The van der Waals surface area contributed by atoms with Crippen LogP contribution in [0.3, 0.4) is 0 Å². The Morgan fingerprint density at radius 2 is 1.52 bits per heavy atom. The SMILES string of the molecule is NC(=O)Cn1nc(-c2ccccc2)cc1-c1ccccc1. The van der Waals surface area contributed by atoms with E-state index in [4.69, 9.17) is 5.73 Å². The average molecular weight is 277 g/mol. The van der Waals surface area contributed by atoms with Gasteiger partial charge in [0.25, 0.3) is 0 Å². The predicted octanol–water partition coefficient (Wildman–Crippen LogP) is 2.70. The number of hydrogen-bond acceptors (Lipinski definition) is 2. The maximum atomic E-state index is 11.3. The van der Waals surface area contributed by atoms with E-state index >= 15 is 0 Å². The van der Waals surface area contributed by atoms with Crippen LogP contribution in [0.1, 0.15) is 0 Å². The van der Waals surface area contributed by atoms with E-state index < -0.39 is 5.91 Å². The van der Waals surface area contributed by atoms with Gasteiger partial charge >= 0.3 is 0 Å². The molecule has 0 saturated heterocycles. The molecule has 1 aromatic heterocycles. The number of hydrogen-bond donors (Lipinski definition) is 1. The molecule has 0 aliphatic carbocycles. The Balaban J connectivity index is 2.10. The van der Waals surface area contributed by atoms with Gasteiger partial charge in [0, 0.05) is 5.56 Å². The summed E-state index contributed by atoms with van der Waals surface area (Å²) in [5, 5.41) is 4.51. The highest BCUT2D eigenvalue weighted by molar-refractivity contribution is 5.76. The van der Waals surface area contributed by atoms with E-state index in [-0.39, 0.29) is 6.54 Å². The van der Waals surface area contributed by atoms with Gasteiger partial charge in [0.1, 0.15) is 6.54 Å². The fourth-order valence-electron chi connectivity index (χ4n) is 2.28. The number of aromatic nitrogens is 2. The second-order valence-electron chi connectivity index (χ2n) is 4.77. The lowest BCUT2D eigenvalue weighted by Gasteiger charge is -2.04. The highest BCUT2D eigenvalue weighted by Gasteiger charge is 2.12. The zero-order chi connectivity index (χ0) is 14.7. The largest absolute Gasteiger partial charge is 0.368 e. The minimum Gasteiger partial charge on any atom is -0.368 e. The smallest absolute Gasteiger partial charge is 0.239 e. The van der Waals surface area contributed by atoms with Crippen molar-refractivity contribution in [1.29, 1.82) is 0 Å². The van der Waals surface area contributed by atoms with Crippen LogP contribution in [0, 0.1) is 0 Å². The minimum absolute atomic E-state index is 0.0665. The molecule has 4 heteroatoms. The average Bonchev–Trinajstić information content (AvgIpc) is 2.92. The number of amides is 1. The van der Waals surface area contributed by atoms with Crippen LogP contribution in [0.25, 0.3) is 22.5 Å². The van der Waals surface area contributed by atoms with E-state index in [0.29, 0.717) is 0 Å². The first-order valence-corrected chi connectivity index (χ1v) is 6.71. The van der Waals surface area contributed by atoms with Crippen molar-refractivity contribution in [2.75, 3.05) is 0 Å². The molecule has 4 nitrogen and oxygen atoms in total. The van der Waals surface area contributed by atoms with Crippen LogP contribution < -0.4 is 5.73 Å². The molecule has 0 spiro atoms. The number of primary amides is 1. The lowest BCUT2D eigenvalue weighted by Crippen LogP contribution is -2.20. The lowest BCUT2D eigenvalue weighted by molar-refractivity contribution is -0.118. The van der Waals surface area contributed by atoms with Gasteiger partial charge in [-0.05, 0) is 11.6 Å². The van der Waals surface area contributed by atoms with E-state index in [2.05, 4.69) is 5.10 Å². The summed E-state index contributed by atoms with van der Waals surface area (Å²) in [6.45, 7) is 0.0665. The van der Waals surface area contributed by atoms with Gasteiger partial charge in [-0.1, -0.05) is 60.7 Å². The minimum atomic E-state index is -0.408. The van der Waals surface area contributed by atoms with Crippen molar-refractivity contribution in [2.24, 2.45) is 5.73 Å². The maximum Gasteiger partial charge on any atom is 0.239 e. The van der Waals surface area contributed by atoms with Crippen molar-refractivity contribution < 1.29 is 4.79 Å². The van der Waals surface area contributed by atoms with Crippen LogP contribution in [-0.2, 0) is 11.3 Å². The summed E-state index contributed by atoms with van der Waals surface area (Å²) >= 11 is 0. The number of benzene rings is 2. The van der Waals surface area contributed by atoms with Gasteiger partial charge in [0.05, 0.1) is 11.4 Å². The Hall–Kier alpha value is -2.88. The van der Waals surface area contributed by atoms with Gasteiger partial charge < -0.3 is 5.73 Å². The topological polar surface area (TPSA) is 60.9 Å². The molecule has 1 amide bonds. The molecule has 21 heavy (non-hydrogen) atoms. The normalized spacial score (nSPS) is 10.5. The second-order valence-corrected chi connectivity index (χ2v) is 4.77. The van der Waals surface area contributed by atoms with Crippen molar-refractivity contribution in [3.8, 4) is 22.5 Å². The molecule has 0 atom stereocenters. The highest BCUT2D eigenvalue weighted by Crippen LogP contribution is 2.25. The first-order chi connectivity index (χ1) is 10.2. The molecule has 3 aromatic rings. The molecule has 0 bridgehead atoms. The zero-order valence-electron chi connectivity index (χ0n) is 11.4. The van der Waals surface area contributed by atoms with Gasteiger partial charge in [-0.3, -0.25) is 9.48 Å². The van der Waals surface area contributed by atoms with Crippen LogP contribution in [0.15, 0.2) is 66.7 Å². The quantitative estimate of drug-likeness (QED) is 0.797. The standard InChI is InChI=1S/C17H15N3O/c18-17(21)12-20-16(14-9-5-2-6-10-14)11-15(19-20)13-7-3-1-4-8-13/h1-11H,12H2,(H2,18,21). The van der Waals surface area contributed by atoms with Gasteiger partial charge in [-0.2, -0.15) is 5.10 Å². The molecule has 0 aliphatic rings. The summed E-state index contributed by atoms with van der Waals surface area (Å²) in [6, 6.07) is 21.7. The molecule has 2 aromatic carbocycles. The van der Waals surface area contributed by atoms with Crippen LogP contribution in [0.5, 0.6) is 0 Å². The first-order valence-electron chi connectivity index (χ1n) is 6.71. The monoisotopic (exact) mass is 277 g/mol. The molecular formula is C17H15N3O. The Kier molecular flexibility index (Phi) is 3.51. The fourth-order valence-corrected chi connectivity index (χ4v) is 2.28. The molecule has 0 fully saturated rings. The number of nitrogens with zero attached hydrogens (tertiary/aromatic N) is 2. The summed E-state index contributed by atoms with van der Waals surface area (Å²) in [4.78, 5) is 11.3. The summed E-state index contributed by atoms with van der Waals surface area (Å²) in [5.41, 5.74) is 9.05. The Bertz CT molecular complexity index is 748. The van der Waals surface area contributed by atoms with Gasteiger partial charge in [0.2, 0.25) is 5.91 Å².